The number of carboxylic acid groups (broad SMARTS) is 1. The Morgan fingerprint density at radius 3 is 1.38 bits per heavy atom. The van der Waals surface area contributed by atoms with Crippen LogP contribution in [-0.4, -0.2) is 41.6 Å². The highest BCUT2D eigenvalue weighted by Gasteiger charge is 2.19. The number of rotatable bonds is 41. The van der Waals surface area contributed by atoms with Crippen molar-refractivity contribution in [3.05, 3.63) is 12.2 Å². The van der Waals surface area contributed by atoms with Gasteiger partial charge in [-0.2, -0.15) is 0 Å². The third kappa shape index (κ3) is 36.5. The molecule has 306 valence electrons. The number of aliphatic carboxylic acids is 1. The summed E-state index contributed by atoms with van der Waals surface area (Å²) >= 11 is 0. The Kier molecular flexibility index (Phi) is 38.8. The number of allylic oxidation sites excluding steroid dienone is 2. The normalized spacial score (nSPS) is 12.7. The molecule has 0 aromatic carbocycles. The molecule has 0 fully saturated rings. The first-order chi connectivity index (χ1) is 25.4. The zero-order chi connectivity index (χ0) is 38.2. The van der Waals surface area contributed by atoms with Gasteiger partial charge in [0.15, 0.2) is 0 Å². The minimum Gasteiger partial charge on any atom is -0.480 e. The summed E-state index contributed by atoms with van der Waals surface area (Å²) in [5.41, 5.74) is 5.48. The molecule has 0 bridgehead atoms. The molecule has 2 atom stereocenters. The third-order valence-corrected chi connectivity index (χ3v) is 10.3. The van der Waals surface area contributed by atoms with Gasteiger partial charge in [0.25, 0.3) is 0 Å². The van der Waals surface area contributed by atoms with Gasteiger partial charge in [0.1, 0.15) is 12.1 Å². The number of hydrogen-bond donors (Lipinski definition) is 3. The Hall–Kier alpha value is -1.89. The van der Waals surface area contributed by atoms with Crippen LogP contribution in [0.2, 0.25) is 0 Å². The minimum absolute atomic E-state index is 0.0154. The molecule has 0 heterocycles. The van der Waals surface area contributed by atoms with Crippen molar-refractivity contribution < 1.29 is 24.2 Å². The maximum atomic E-state index is 12.8. The minimum atomic E-state index is -1.00. The van der Waals surface area contributed by atoms with Crippen LogP contribution in [0.3, 0.4) is 0 Å². The molecule has 0 aromatic heterocycles. The molecule has 0 aliphatic rings. The van der Waals surface area contributed by atoms with Crippen molar-refractivity contribution in [3.8, 4) is 0 Å². The highest BCUT2D eigenvalue weighted by molar-refractivity contribution is 5.83. The zero-order valence-corrected chi connectivity index (χ0v) is 34.4. The second kappa shape index (κ2) is 40.3. The second-order valence-electron chi connectivity index (χ2n) is 15.5. The van der Waals surface area contributed by atoms with Gasteiger partial charge in [0, 0.05) is 12.8 Å². The van der Waals surface area contributed by atoms with Crippen LogP contribution < -0.4 is 11.1 Å². The van der Waals surface area contributed by atoms with Gasteiger partial charge in [0.05, 0.1) is 0 Å². The molecule has 0 spiro atoms. The number of esters is 1. The van der Waals surface area contributed by atoms with Gasteiger partial charge in [-0.1, -0.05) is 161 Å². The van der Waals surface area contributed by atoms with E-state index in [9.17, 15) is 19.5 Å². The fourth-order valence-electron chi connectivity index (χ4n) is 6.92. The SMILES string of the molecule is CCCCCCCCC/C=C\CCCCCCCC(=O)OC(CCCCCCCCCCCC)CCCCCCCC(=O)NC(CCCN)C(=O)O. The molecular weight excluding hydrogens is 649 g/mol. The molecule has 2 unspecified atom stereocenters. The molecule has 7 nitrogen and oxygen atoms in total. The van der Waals surface area contributed by atoms with Gasteiger partial charge >= 0.3 is 11.9 Å². The van der Waals surface area contributed by atoms with Crippen molar-refractivity contribution >= 4 is 17.8 Å². The average Bonchev–Trinajstić information content (AvgIpc) is 3.13. The summed E-state index contributed by atoms with van der Waals surface area (Å²) in [5, 5.41) is 11.9. The number of amides is 1. The van der Waals surface area contributed by atoms with Crippen LogP contribution in [0.15, 0.2) is 12.2 Å². The van der Waals surface area contributed by atoms with Crippen molar-refractivity contribution in [3.63, 3.8) is 0 Å². The van der Waals surface area contributed by atoms with Crippen LogP contribution in [0.25, 0.3) is 0 Å². The topological polar surface area (TPSA) is 119 Å². The van der Waals surface area contributed by atoms with Gasteiger partial charge in [0.2, 0.25) is 5.91 Å². The van der Waals surface area contributed by atoms with Crippen molar-refractivity contribution in [1.29, 1.82) is 0 Å². The van der Waals surface area contributed by atoms with Gasteiger partial charge in [-0.05, 0) is 83.6 Å². The second-order valence-corrected chi connectivity index (χ2v) is 15.5. The lowest BCUT2D eigenvalue weighted by Gasteiger charge is -2.18. The van der Waals surface area contributed by atoms with Crippen LogP contribution in [0, 0.1) is 0 Å². The molecular formula is C45H86N2O5. The molecule has 1 amide bonds. The Labute approximate surface area is 321 Å². The first kappa shape index (κ1) is 50.1. The van der Waals surface area contributed by atoms with Crippen LogP contribution in [0.1, 0.15) is 239 Å². The Morgan fingerprint density at radius 1 is 0.538 bits per heavy atom. The largest absolute Gasteiger partial charge is 0.480 e. The van der Waals surface area contributed by atoms with E-state index >= 15 is 0 Å². The molecule has 4 N–H and O–H groups in total. The third-order valence-electron chi connectivity index (χ3n) is 10.3. The summed E-state index contributed by atoms with van der Waals surface area (Å²) in [5.74, 6) is -1.23. The van der Waals surface area contributed by atoms with Crippen molar-refractivity contribution in [2.45, 2.75) is 251 Å². The van der Waals surface area contributed by atoms with E-state index in [2.05, 4.69) is 31.3 Å². The summed E-state index contributed by atoms with van der Waals surface area (Å²) in [6.45, 7) is 4.95. The molecule has 0 rings (SSSR count). The summed E-state index contributed by atoms with van der Waals surface area (Å²) in [4.78, 5) is 36.4. The standard InChI is InChI=1S/C45H86N2O5/c1-3-5-7-9-11-13-15-16-17-18-19-20-22-24-29-33-39-44(49)52-41(35-30-26-23-21-14-12-10-8-6-4-2)36-31-27-25-28-32-38-43(48)47-42(45(50)51)37-34-40-46/h17-18,41-42H,3-16,19-40,46H2,1-2H3,(H,47,48)(H,50,51)/b18-17-. The van der Waals surface area contributed by atoms with Gasteiger partial charge < -0.3 is 20.9 Å². The number of nitrogens with one attached hydrogen (secondary N) is 1. The summed E-state index contributed by atoms with van der Waals surface area (Å²) in [6.07, 6.45) is 44.0. The highest BCUT2D eigenvalue weighted by Crippen LogP contribution is 2.19. The Morgan fingerprint density at radius 2 is 0.942 bits per heavy atom. The van der Waals surface area contributed by atoms with E-state index in [-0.39, 0.29) is 18.0 Å². The summed E-state index contributed by atoms with van der Waals surface area (Å²) in [6, 6.07) is -0.854. The molecule has 0 aromatic rings. The number of carbonyl (C=O) groups is 3. The van der Waals surface area contributed by atoms with Crippen LogP contribution >= 0.6 is 0 Å². The lowest BCUT2D eigenvalue weighted by molar-refractivity contribution is -0.150. The Bertz CT molecular complexity index is 833. The number of unbranched alkanes of at least 4 members (excludes halogenated alkanes) is 25. The summed E-state index contributed by atoms with van der Waals surface area (Å²) < 4.78 is 6.04. The molecule has 7 heteroatoms. The quantitative estimate of drug-likeness (QED) is 0.0327. The highest BCUT2D eigenvalue weighted by atomic mass is 16.5. The predicted octanol–water partition coefficient (Wildman–Crippen LogP) is 12.7. The maximum Gasteiger partial charge on any atom is 0.326 e. The van der Waals surface area contributed by atoms with Crippen LogP contribution in [-0.2, 0) is 19.1 Å². The van der Waals surface area contributed by atoms with E-state index < -0.39 is 12.0 Å². The van der Waals surface area contributed by atoms with Crippen molar-refractivity contribution in [2.75, 3.05) is 6.54 Å². The smallest absolute Gasteiger partial charge is 0.326 e. The molecule has 0 saturated carbocycles. The first-order valence-corrected chi connectivity index (χ1v) is 22.5. The van der Waals surface area contributed by atoms with E-state index in [4.69, 9.17) is 10.5 Å². The first-order valence-electron chi connectivity index (χ1n) is 22.5. The van der Waals surface area contributed by atoms with Crippen molar-refractivity contribution in [1.82, 2.24) is 5.32 Å². The Balaban J connectivity index is 4.25. The molecule has 0 radical (unpaired) electrons. The number of hydrogen-bond acceptors (Lipinski definition) is 5. The molecule has 0 saturated heterocycles. The maximum absolute atomic E-state index is 12.8. The number of ether oxygens (including phenoxy) is 1. The van der Waals surface area contributed by atoms with Gasteiger partial charge in [-0.25, -0.2) is 4.79 Å². The molecule has 52 heavy (non-hydrogen) atoms. The monoisotopic (exact) mass is 735 g/mol. The zero-order valence-electron chi connectivity index (χ0n) is 34.4. The predicted molar refractivity (Wildman–Crippen MR) is 221 cm³/mol. The van der Waals surface area contributed by atoms with E-state index in [1.54, 1.807) is 0 Å². The fraction of sp³-hybridized carbons (Fsp3) is 0.889. The van der Waals surface area contributed by atoms with E-state index in [1.807, 2.05) is 0 Å². The van der Waals surface area contributed by atoms with E-state index in [0.29, 0.717) is 32.2 Å². The fourth-order valence-corrected chi connectivity index (χ4v) is 6.92. The number of carboxylic acids is 1. The van der Waals surface area contributed by atoms with E-state index in [0.717, 1.165) is 64.2 Å². The van der Waals surface area contributed by atoms with Crippen LogP contribution in [0.5, 0.6) is 0 Å². The van der Waals surface area contributed by atoms with Crippen LogP contribution in [0.4, 0.5) is 0 Å². The lowest BCUT2D eigenvalue weighted by atomic mass is 10.0. The molecule has 0 aliphatic heterocycles. The summed E-state index contributed by atoms with van der Waals surface area (Å²) in [7, 11) is 0. The average molecular weight is 735 g/mol. The number of carbonyl (C=O) groups excluding carboxylic acids is 2. The van der Waals surface area contributed by atoms with Crippen molar-refractivity contribution in [2.24, 2.45) is 5.73 Å². The number of nitrogens with two attached hydrogens (primary N) is 1. The van der Waals surface area contributed by atoms with E-state index in [1.165, 1.54) is 135 Å². The van der Waals surface area contributed by atoms with Gasteiger partial charge in [-0.3, -0.25) is 9.59 Å². The molecule has 0 aliphatic carbocycles. The lowest BCUT2D eigenvalue weighted by Crippen LogP contribution is -2.40. The van der Waals surface area contributed by atoms with Gasteiger partial charge in [-0.15, -0.1) is 0 Å².